The second-order valence-corrected chi connectivity index (χ2v) is 4.29. The molecule has 1 atom stereocenters. The van der Waals surface area contributed by atoms with Gasteiger partial charge in [-0.05, 0) is 18.6 Å². The van der Waals surface area contributed by atoms with E-state index in [0.717, 1.165) is 12.5 Å². The van der Waals surface area contributed by atoms with Crippen molar-refractivity contribution < 1.29 is 20.1 Å². The molecular formula is C12H15NO4. The van der Waals surface area contributed by atoms with Crippen molar-refractivity contribution in [3.63, 3.8) is 0 Å². The summed E-state index contributed by atoms with van der Waals surface area (Å²) >= 11 is 0. The van der Waals surface area contributed by atoms with Gasteiger partial charge >= 0.3 is 0 Å². The molecule has 1 aromatic rings. The highest BCUT2D eigenvalue weighted by Gasteiger charge is 2.27. The molecule has 1 aliphatic rings. The summed E-state index contributed by atoms with van der Waals surface area (Å²) < 4.78 is 0. The third-order valence-corrected chi connectivity index (χ3v) is 3.04. The van der Waals surface area contributed by atoms with Gasteiger partial charge in [-0.15, -0.1) is 0 Å². The SMILES string of the molecule is O=C(c1ccc(O)cc1O)N1CCC(CO)C1. The Morgan fingerprint density at radius 1 is 1.41 bits per heavy atom. The second-order valence-electron chi connectivity index (χ2n) is 4.29. The third-order valence-electron chi connectivity index (χ3n) is 3.04. The standard InChI is InChI=1S/C12H15NO4/c14-7-8-3-4-13(6-8)12(17)10-2-1-9(15)5-11(10)16/h1-2,5,8,14-16H,3-4,6-7H2. The van der Waals surface area contributed by atoms with Crippen LogP contribution in [0.25, 0.3) is 0 Å². The number of nitrogens with zero attached hydrogens (tertiary/aromatic N) is 1. The Kier molecular flexibility index (Phi) is 3.19. The molecule has 92 valence electrons. The molecule has 1 heterocycles. The molecule has 0 saturated carbocycles. The lowest BCUT2D eigenvalue weighted by atomic mass is 10.1. The van der Waals surface area contributed by atoms with Crippen LogP contribution in [0, 0.1) is 5.92 Å². The quantitative estimate of drug-likeness (QED) is 0.701. The van der Waals surface area contributed by atoms with Gasteiger partial charge in [-0.3, -0.25) is 4.79 Å². The van der Waals surface area contributed by atoms with Crippen LogP contribution in [-0.4, -0.2) is 45.8 Å². The molecule has 1 fully saturated rings. The lowest BCUT2D eigenvalue weighted by Crippen LogP contribution is -2.29. The molecule has 17 heavy (non-hydrogen) atoms. The fourth-order valence-corrected chi connectivity index (χ4v) is 2.04. The summed E-state index contributed by atoms with van der Waals surface area (Å²) in [7, 11) is 0. The van der Waals surface area contributed by atoms with Gasteiger partial charge < -0.3 is 20.2 Å². The summed E-state index contributed by atoms with van der Waals surface area (Å²) in [5.41, 5.74) is 0.182. The molecule has 2 rings (SSSR count). The number of rotatable bonds is 2. The highest BCUT2D eigenvalue weighted by Crippen LogP contribution is 2.26. The number of phenolic OH excluding ortho intramolecular Hbond substituents is 2. The van der Waals surface area contributed by atoms with Gasteiger partial charge in [0.2, 0.25) is 0 Å². The van der Waals surface area contributed by atoms with Crippen LogP contribution in [0.3, 0.4) is 0 Å². The monoisotopic (exact) mass is 237 g/mol. The van der Waals surface area contributed by atoms with Gasteiger partial charge in [-0.25, -0.2) is 0 Å². The van der Waals surface area contributed by atoms with Gasteiger partial charge in [-0.2, -0.15) is 0 Å². The van der Waals surface area contributed by atoms with Crippen molar-refractivity contribution in [3.05, 3.63) is 23.8 Å². The van der Waals surface area contributed by atoms with Crippen LogP contribution in [0.1, 0.15) is 16.8 Å². The zero-order chi connectivity index (χ0) is 12.4. The summed E-state index contributed by atoms with van der Waals surface area (Å²) in [6.45, 7) is 1.17. The summed E-state index contributed by atoms with van der Waals surface area (Å²) in [5.74, 6) is -0.437. The van der Waals surface area contributed by atoms with Crippen LogP contribution in [0.5, 0.6) is 11.5 Å². The molecule has 0 spiro atoms. The smallest absolute Gasteiger partial charge is 0.257 e. The van der Waals surface area contributed by atoms with E-state index in [1.165, 1.54) is 12.1 Å². The van der Waals surface area contributed by atoms with E-state index in [1.54, 1.807) is 4.90 Å². The molecule has 0 aromatic heterocycles. The van der Waals surface area contributed by atoms with Gasteiger partial charge in [0.15, 0.2) is 0 Å². The molecule has 0 aliphatic carbocycles. The van der Waals surface area contributed by atoms with Crippen molar-refractivity contribution in [2.45, 2.75) is 6.42 Å². The van der Waals surface area contributed by atoms with E-state index in [-0.39, 0.29) is 35.5 Å². The first-order valence-corrected chi connectivity index (χ1v) is 5.54. The van der Waals surface area contributed by atoms with Crippen LogP contribution < -0.4 is 0 Å². The molecular weight excluding hydrogens is 222 g/mol. The number of likely N-dealkylation sites (tertiary alicyclic amines) is 1. The number of aliphatic hydroxyl groups excluding tert-OH is 1. The maximum Gasteiger partial charge on any atom is 0.257 e. The molecule has 1 amide bonds. The van der Waals surface area contributed by atoms with Gasteiger partial charge in [0, 0.05) is 31.7 Å². The Hall–Kier alpha value is -1.75. The molecule has 3 N–H and O–H groups in total. The van der Waals surface area contributed by atoms with Crippen LogP contribution >= 0.6 is 0 Å². The van der Waals surface area contributed by atoms with Crippen molar-refractivity contribution in [2.75, 3.05) is 19.7 Å². The maximum atomic E-state index is 12.0. The van der Waals surface area contributed by atoms with Crippen LogP contribution in [0.2, 0.25) is 0 Å². The van der Waals surface area contributed by atoms with E-state index < -0.39 is 0 Å². The minimum Gasteiger partial charge on any atom is -0.508 e. The third kappa shape index (κ3) is 2.34. The number of amides is 1. The molecule has 1 saturated heterocycles. The van der Waals surface area contributed by atoms with Gasteiger partial charge in [0.05, 0.1) is 5.56 Å². The van der Waals surface area contributed by atoms with Crippen LogP contribution in [-0.2, 0) is 0 Å². The lowest BCUT2D eigenvalue weighted by Gasteiger charge is -2.16. The van der Waals surface area contributed by atoms with Gasteiger partial charge in [0.1, 0.15) is 11.5 Å². The average molecular weight is 237 g/mol. The first-order chi connectivity index (χ1) is 8.11. The predicted molar refractivity (Wildman–Crippen MR) is 60.9 cm³/mol. The number of carbonyl (C=O) groups is 1. The van der Waals surface area contributed by atoms with Gasteiger partial charge in [0.25, 0.3) is 5.91 Å². The first-order valence-electron chi connectivity index (χ1n) is 5.54. The Balaban J connectivity index is 2.15. The van der Waals surface area contributed by atoms with Crippen molar-refractivity contribution in [2.24, 2.45) is 5.92 Å². The molecule has 1 unspecified atom stereocenters. The van der Waals surface area contributed by atoms with E-state index in [0.29, 0.717) is 13.1 Å². The Morgan fingerprint density at radius 2 is 2.18 bits per heavy atom. The summed E-state index contributed by atoms with van der Waals surface area (Å²) in [6, 6.07) is 3.92. The summed E-state index contributed by atoms with van der Waals surface area (Å²) in [5, 5.41) is 27.7. The number of phenols is 2. The molecule has 5 nitrogen and oxygen atoms in total. The number of benzene rings is 1. The van der Waals surface area contributed by atoms with E-state index in [2.05, 4.69) is 0 Å². The fraction of sp³-hybridized carbons (Fsp3) is 0.417. The largest absolute Gasteiger partial charge is 0.508 e. The van der Waals surface area contributed by atoms with Crippen molar-refractivity contribution in [1.82, 2.24) is 4.90 Å². The number of aromatic hydroxyl groups is 2. The van der Waals surface area contributed by atoms with E-state index in [1.807, 2.05) is 0 Å². The second kappa shape index (κ2) is 4.63. The Morgan fingerprint density at radius 3 is 2.76 bits per heavy atom. The van der Waals surface area contributed by atoms with Gasteiger partial charge in [-0.1, -0.05) is 0 Å². The van der Waals surface area contributed by atoms with Crippen LogP contribution in [0.15, 0.2) is 18.2 Å². The average Bonchev–Trinajstić information content (AvgIpc) is 2.76. The maximum absolute atomic E-state index is 12.0. The molecule has 1 aromatic carbocycles. The first kappa shape index (κ1) is 11.7. The number of hydrogen-bond donors (Lipinski definition) is 3. The van der Waals surface area contributed by atoms with Crippen molar-refractivity contribution >= 4 is 5.91 Å². The Bertz CT molecular complexity index is 433. The van der Waals surface area contributed by atoms with Crippen molar-refractivity contribution in [1.29, 1.82) is 0 Å². The molecule has 0 bridgehead atoms. The topological polar surface area (TPSA) is 81.0 Å². The minimum atomic E-state index is -0.265. The minimum absolute atomic E-state index is 0.0747. The van der Waals surface area contributed by atoms with E-state index in [4.69, 9.17) is 10.2 Å². The molecule has 5 heteroatoms. The zero-order valence-electron chi connectivity index (χ0n) is 9.33. The number of aliphatic hydroxyl groups is 1. The number of carbonyl (C=O) groups excluding carboxylic acids is 1. The lowest BCUT2D eigenvalue weighted by molar-refractivity contribution is 0.0779. The van der Waals surface area contributed by atoms with E-state index in [9.17, 15) is 9.90 Å². The molecule has 0 radical (unpaired) electrons. The normalized spacial score (nSPS) is 19.6. The zero-order valence-corrected chi connectivity index (χ0v) is 9.33. The highest BCUT2D eigenvalue weighted by atomic mass is 16.3. The van der Waals surface area contributed by atoms with Crippen LogP contribution in [0.4, 0.5) is 0 Å². The predicted octanol–water partition coefficient (Wildman–Crippen LogP) is 0.552. The van der Waals surface area contributed by atoms with Crippen molar-refractivity contribution in [3.8, 4) is 11.5 Å². The molecule has 1 aliphatic heterocycles. The fourth-order valence-electron chi connectivity index (χ4n) is 2.04. The highest BCUT2D eigenvalue weighted by molar-refractivity contribution is 5.97. The Labute approximate surface area is 98.9 Å². The number of hydrogen-bond acceptors (Lipinski definition) is 4. The summed E-state index contributed by atoms with van der Waals surface area (Å²) in [4.78, 5) is 13.6. The summed E-state index contributed by atoms with van der Waals surface area (Å²) in [6.07, 6.45) is 0.779. The van der Waals surface area contributed by atoms with E-state index >= 15 is 0 Å².